The van der Waals surface area contributed by atoms with E-state index >= 15 is 0 Å². The Bertz CT molecular complexity index is 389. The Balaban J connectivity index is 2.13. The minimum atomic E-state index is -0.631. The van der Waals surface area contributed by atoms with Gasteiger partial charge in [-0.15, -0.1) is 0 Å². The zero-order valence-corrected chi connectivity index (χ0v) is 8.53. The quantitative estimate of drug-likeness (QED) is 0.746. The lowest BCUT2D eigenvalue weighted by Gasteiger charge is -2.21. The van der Waals surface area contributed by atoms with Gasteiger partial charge in [-0.25, -0.2) is 0 Å². The molecule has 0 aliphatic carbocycles. The third kappa shape index (κ3) is 2.35. The molecule has 1 aromatic carbocycles. The van der Waals surface area contributed by atoms with Gasteiger partial charge in [0.2, 0.25) is 0 Å². The van der Waals surface area contributed by atoms with Crippen molar-refractivity contribution in [2.75, 3.05) is 13.1 Å². The van der Waals surface area contributed by atoms with Gasteiger partial charge in [-0.1, -0.05) is 12.1 Å². The topological polar surface area (TPSA) is 56.0 Å². The largest absolute Gasteiger partial charge is 0.388 e. The molecule has 0 saturated carbocycles. The number of hydrogen-bond donors (Lipinski definition) is 2. The van der Waals surface area contributed by atoms with Crippen LogP contribution in [0.1, 0.15) is 17.5 Å². The summed E-state index contributed by atoms with van der Waals surface area (Å²) in [4.78, 5) is 0. The molecule has 1 aliphatic heterocycles. The summed E-state index contributed by atoms with van der Waals surface area (Å²) in [7, 11) is 0. The Morgan fingerprint density at radius 2 is 2.40 bits per heavy atom. The molecule has 3 nitrogen and oxygen atoms in total. The molecule has 0 bridgehead atoms. The first-order valence-corrected chi connectivity index (χ1v) is 5.14. The summed E-state index contributed by atoms with van der Waals surface area (Å²) in [5.41, 5.74) is 1.05. The van der Waals surface area contributed by atoms with Gasteiger partial charge in [0.1, 0.15) is 0 Å². The van der Waals surface area contributed by atoms with Gasteiger partial charge in [-0.3, -0.25) is 0 Å². The second-order valence-electron chi connectivity index (χ2n) is 4.14. The van der Waals surface area contributed by atoms with Crippen molar-refractivity contribution in [3.8, 4) is 6.07 Å². The maximum absolute atomic E-state index is 10.2. The lowest BCUT2D eigenvalue weighted by molar-refractivity contribution is 0.0619. The molecule has 1 saturated heterocycles. The molecule has 0 radical (unpaired) electrons. The summed E-state index contributed by atoms with van der Waals surface area (Å²) in [6.07, 6.45) is 1.40. The van der Waals surface area contributed by atoms with E-state index in [1.807, 2.05) is 18.2 Å². The van der Waals surface area contributed by atoms with Gasteiger partial charge in [-0.2, -0.15) is 5.26 Å². The fourth-order valence-corrected chi connectivity index (χ4v) is 2.01. The number of benzene rings is 1. The van der Waals surface area contributed by atoms with Crippen LogP contribution in [-0.4, -0.2) is 23.8 Å². The van der Waals surface area contributed by atoms with Gasteiger partial charge < -0.3 is 10.4 Å². The molecule has 1 aliphatic rings. The molecule has 1 heterocycles. The van der Waals surface area contributed by atoms with Crippen LogP contribution in [-0.2, 0) is 6.42 Å². The van der Waals surface area contributed by atoms with Crippen LogP contribution < -0.4 is 5.32 Å². The monoisotopic (exact) mass is 202 g/mol. The second kappa shape index (κ2) is 4.01. The Kier molecular flexibility index (Phi) is 2.72. The maximum atomic E-state index is 10.2. The maximum Gasteiger partial charge on any atom is 0.0991 e. The predicted molar refractivity (Wildman–Crippen MR) is 57.3 cm³/mol. The van der Waals surface area contributed by atoms with Crippen molar-refractivity contribution in [3.63, 3.8) is 0 Å². The van der Waals surface area contributed by atoms with E-state index in [1.165, 1.54) is 0 Å². The summed E-state index contributed by atoms with van der Waals surface area (Å²) in [6.45, 7) is 1.51. The van der Waals surface area contributed by atoms with Gasteiger partial charge in [0, 0.05) is 13.0 Å². The normalized spacial score (nSPS) is 25.1. The molecule has 2 rings (SSSR count). The molecular weight excluding hydrogens is 188 g/mol. The van der Waals surface area contributed by atoms with Crippen molar-refractivity contribution in [2.24, 2.45) is 0 Å². The lowest BCUT2D eigenvalue weighted by Crippen LogP contribution is -2.33. The van der Waals surface area contributed by atoms with Crippen molar-refractivity contribution < 1.29 is 5.11 Å². The van der Waals surface area contributed by atoms with Crippen LogP contribution in [0.15, 0.2) is 24.3 Å². The van der Waals surface area contributed by atoms with Crippen LogP contribution >= 0.6 is 0 Å². The van der Waals surface area contributed by atoms with E-state index in [1.54, 1.807) is 6.07 Å². The number of rotatable bonds is 2. The predicted octanol–water partition coefficient (Wildman–Crippen LogP) is 0.825. The first-order valence-electron chi connectivity index (χ1n) is 5.14. The molecule has 78 valence electrons. The molecule has 15 heavy (non-hydrogen) atoms. The fraction of sp³-hybridized carbons (Fsp3) is 0.417. The number of aliphatic hydroxyl groups is 1. The van der Waals surface area contributed by atoms with E-state index in [0.29, 0.717) is 18.5 Å². The van der Waals surface area contributed by atoms with Crippen molar-refractivity contribution in [1.82, 2.24) is 5.32 Å². The highest BCUT2D eigenvalue weighted by atomic mass is 16.3. The third-order valence-corrected chi connectivity index (χ3v) is 2.81. The Hall–Kier alpha value is -1.37. The van der Waals surface area contributed by atoms with E-state index < -0.39 is 5.60 Å². The summed E-state index contributed by atoms with van der Waals surface area (Å²) >= 11 is 0. The smallest absolute Gasteiger partial charge is 0.0991 e. The summed E-state index contributed by atoms with van der Waals surface area (Å²) in [6, 6.07) is 9.55. The number of β-amino-alcohol motifs (C(OH)–C–C–N with tert-alkyl or cyclic N) is 1. The van der Waals surface area contributed by atoms with E-state index in [0.717, 1.165) is 18.5 Å². The second-order valence-corrected chi connectivity index (χ2v) is 4.14. The van der Waals surface area contributed by atoms with Crippen molar-refractivity contribution >= 4 is 0 Å². The van der Waals surface area contributed by atoms with E-state index in [2.05, 4.69) is 11.4 Å². The van der Waals surface area contributed by atoms with Gasteiger partial charge in [0.25, 0.3) is 0 Å². The van der Waals surface area contributed by atoms with Crippen LogP contribution in [0.3, 0.4) is 0 Å². The van der Waals surface area contributed by atoms with Gasteiger partial charge in [-0.05, 0) is 30.7 Å². The minimum Gasteiger partial charge on any atom is -0.388 e. The number of hydrogen-bond acceptors (Lipinski definition) is 3. The minimum absolute atomic E-state index is 0.621. The van der Waals surface area contributed by atoms with Crippen LogP contribution in [0.2, 0.25) is 0 Å². The Morgan fingerprint density at radius 1 is 1.53 bits per heavy atom. The highest BCUT2D eigenvalue weighted by Gasteiger charge is 2.30. The Labute approximate surface area is 89.4 Å². The number of nitriles is 1. The first kappa shape index (κ1) is 10.2. The molecule has 1 fully saturated rings. The van der Waals surface area contributed by atoms with Crippen LogP contribution in [0.25, 0.3) is 0 Å². The molecule has 1 unspecified atom stereocenters. The average Bonchev–Trinajstić information content (AvgIpc) is 2.65. The molecule has 1 atom stereocenters. The molecule has 2 N–H and O–H groups in total. The fourth-order valence-electron chi connectivity index (χ4n) is 2.01. The Morgan fingerprint density at radius 3 is 3.07 bits per heavy atom. The zero-order chi connectivity index (χ0) is 10.7. The van der Waals surface area contributed by atoms with Gasteiger partial charge in [0.05, 0.1) is 17.2 Å². The van der Waals surface area contributed by atoms with Crippen molar-refractivity contribution in [2.45, 2.75) is 18.4 Å². The van der Waals surface area contributed by atoms with Crippen LogP contribution in [0.5, 0.6) is 0 Å². The number of nitrogens with zero attached hydrogens (tertiary/aromatic N) is 1. The van der Waals surface area contributed by atoms with Gasteiger partial charge in [0.15, 0.2) is 0 Å². The average molecular weight is 202 g/mol. The third-order valence-electron chi connectivity index (χ3n) is 2.81. The summed E-state index contributed by atoms with van der Waals surface area (Å²) in [5.74, 6) is 0. The highest BCUT2D eigenvalue weighted by Crippen LogP contribution is 2.20. The first-order chi connectivity index (χ1) is 7.22. The molecule has 0 spiro atoms. The van der Waals surface area contributed by atoms with E-state index in [-0.39, 0.29) is 0 Å². The van der Waals surface area contributed by atoms with E-state index in [9.17, 15) is 5.11 Å². The van der Waals surface area contributed by atoms with E-state index in [4.69, 9.17) is 5.26 Å². The molecule has 0 aromatic heterocycles. The van der Waals surface area contributed by atoms with Gasteiger partial charge >= 0.3 is 0 Å². The molecular formula is C12H14N2O. The summed E-state index contributed by atoms with van der Waals surface area (Å²) < 4.78 is 0. The van der Waals surface area contributed by atoms with Crippen LogP contribution in [0.4, 0.5) is 0 Å². The van der Waals surface area contributed by atoms with Crippen molar-refractivity contribution in [3.05, 3.63) is 35.4 Å². The summed E-state index contributed by atoms with van der Waals surface area (Å²) in [5, 5.41) is 22.1. The standard InChI is InChI=1S/C12H14N2O/c13-8-11-3-1-2-10(6-11)7-12(15)4-5-14-9-12/h1-3,6,14-15H,4-5,7,9H2. The van der Waals surface area contributed by atoms with Crippen molar-refractivity contribution in [1.29, 1.82) is 5.26 Å². The zero-order valence-electron chi connectivity index (χ0n) is 8.53. The highest BCUT2D eigenvalue weighted by molar-refractivity contribution is 5.33. The van der Waals surface area contributed by atoms with Crippen LogP contribution in [0, 0.1) is 11.3 Å². The molecule has 0 amide bonds. The number of nitrogens with one attached hydrogen (secondary N) is 1. The lowest BCUT2D eigenvalue weighted by atomic mass is 9.93. The SMILES string of the molecule is N#Cc1cccc(CC2(O)CCNC2)c1. The molecule has 3 heteroatoms. The molecule has 1 aromatic rings.